The topological polar surface area (TPSA) is 39.4 Å². The molecule has 0 atom stereocenters. The molecule has 3 heteroatoms. The summed E-state index contributed by atoms with van der Waals surface area (Å²) in [5.41, 5.74) is 1.84. The van der Waals surface area contributed by atoms with Crippen molar-refractivity contribution in [3.63, 3.8) is 0 Å². The lowest BCUT2D eigenvalue weighted by Gasteiger charge is -1.99. The minimum atomic E-state index is -0.419. The Morgan fingerprint density at radius 3 is 2.50 bits per heavy atom. The van der Waals surface area contributed by atoms with E-state index in [1.807, 2.05) is 37.3 Å². The van der Waals surface area contributed by atoms with Gasteiger partial charge in [0.15, 0.2) is 0 Å². The minimum absolute atomic E-state index is 0.419. The van der Waals surface area contributed by atoms with Crippen molar-refractivity contribution in [3.05, 3.63) is 63.7 Å². The molecule has 18 heavy (non-hydrogen) atoms. The summed E-state index contributed by atoms with van der Waals surface area (Å²) in [5, 5.41) is 0. The number of aryl methyl sites for hydroxylation is 1. The lowest BCUT2D eigenvalue weighted by molar-refractivity contribution is 0.400. The number of rotatable bonds is 3. The maximum Gasteiger partial charge on any atom is 0.339 e. The van der Waals surface area contributed by atoms with Gasteiger partial charge in [0.25, 0.3) is 0 Å². The van der Waals surface area contributed by atoms with Crippen LogP contribution < -0.4 is 10.4 Å². The van der Waals surface area contributed by atoms with Crippen LogP contribution in [0.5, 0.6) is 5.75 Å². The summed E-state index contributed by atoms with van der Waals surface area (Å²) in [7, 11) is 1.52. The number of hydrogen-bond acceptors (Lipinski definition) is 3. The monoisotopic (exact) mass is 242 g/mol. The molecule has 0 saturated heterocycles. The van der Waals surface area contributed by atoms with Crippen molar-refractivity contribution in [2.45, 2.75) is 6.92 Å². The van der Waals surface area contributed by atoms with Crippen LogP contribution in [-0.4, -0.2) is 7.11 Å². The highest BCUT2D eigenvalue weighted by Crippen LogP contribution is 2.13. The predicted octanol–water partition coefficient (Wildman–Crippen LogP) is 3.13. The average Bonchev–Trinajstić information content (AvgIpc) is 2.37. The van der Waals surface area contributed by atoms with E-state index in [1.54, 1.807) is 12.1 Å². The number of ether oxygens (including phenoxy) is 1. The summed E-state index contributed by atoms with van der Waals surface area (Å²) in [4.78, 5) is 11.2. The summed E-state index contributed by atoms with van der Waals surface area (Å²) < 4.78 is 10.1. The van der Waals surface area contributed by atoms with Crippen LogP contribution in [0.15, 0.2) is 45.6 Å². The second-order valence-corrected chi connectivity index (χ2v) is 3.96. The predicted molar refractivity (Wildman–Crippen MR) is 71.6 cm³/mol. The summed E-state index contributed by atoms with van der Waals surface area (Å²) in [6, 6.07) is 11.0. The molecule has 1 aromatic heterocycles. The first-order valence-corrected chi connectivity index (χ1v) is 5.61. The minimum Gasteiger partial charge on any atom is -0.496 e. The van der Waals surface area contributed by atoms with Crippen molar-refractivity contribution < 1.29 is 9.15 Å². The standard InChI is InChI=1S/C15H14O3/c1-11-3-5-12(6-4-11)7-8-13-9-14(17-2)10-15(16)18-13/h3-10H,1-2H3/b8-7+. The molecule has 0 aliphatic heterocycles. The molecule has 0 aliphatic carbocycles. The molecule has 2 rings (SSSR count). The zero-order chi connectivity index (χ0) is 13.0. The zero-order valence-corrected chi connectivity index (χ0v) is 10.3. The van der Waals surface area contributed by atoms with Crippen LogP contribution in [0.3, 0.4) is 0 Å². The van der Waals surface area contributed by atoms with E-state index >= 15 is 0 Å². The highest BCUT2D eigenvalue weighted by atomic mass is 16.5. The quantitative estimate of drug-likeness (QED) is 0.830. The van der Waals surface area contributed by atoms with Crippen molar-refractivity contribution in [2.75, 3.05) is 7.11 Å². The largest absolute Gasteiger partial charge is 0.496 e. The second kappa shape index (κ2) is 5.36. The van der Waals surface area contributed by atoms with Crippen LogP contribution in [0.25, 0.3) is 12.2 Å². The molecule has 0 unspecified atom stereocenters. The molecule has 1 heterocycles. The normalized spacial score (nSPS) is 10.8. The number of benzene rings is 1. The Bertz CT molecular complexity index is 606. The SMILES string of the molecule is COc1cc(/C=C/c2ccc(C)cc2)oc(=O)c1. The molecule has 2 aromatic rings. The van der Waals surface area contributed by atoms with E-state index in [1.165, 1.54) is 18.7 Å². The molecule has 3 nitrogen and oxygen atoms in total. The number of hydrogen-bond donors (Lipinski definition) is 0. The smallest absolute Gasteiger partial charge is 0.339 e. The van der Waals surface area contributed by atoms with Crippen LogP contribution in [-0.2, 0) is 0 Å². The van der Waals surface area contributed by atoms with Crippen molar-refractivity contribution in [2.24, 2.45) is 0 Å². The van der Waals surface area contributed by atoms with Crippen LogP contribution in [0.1, 0.15) is 16.9 Å². The maximum absolute atomic E-state index is 11.2. The molecule has 0 saturated carbocycles. The zero-order valence-electron chi connectivity index (χ0n) is 10.3. The Morgan fingerprint density at radius 1 is 1.11 bits per heavy atom. The van der Waals surface area contributed by atoms with E-state index in [-0.39, 0.29) is 0 Å². The molecule has 0 bridgehead atoms. The third-order valence-electron chi connectivity index (χ3n) is 2.52. The van der Waals surface area contributed by atoms with Crippen LogP contribution in [0.2, 0.25) is 0 Å². The molecule has 0 amide bonds. The Kier molecular flexibility index (Phi) is 3.63. The van der Waals surface area contributed by atoms with Crippen LogP contribution in [0.4, 0.5) is 0 Å². The van der Waals surface area contributed by atoms with Gasteiger partial charge in [-0.3, -0.25) is 0 Å². The molecular weight excluding hydrogens is 228 g/mol. The molecule has 0 radical (unpaired) electrons. The van der Waals surface area contributed by atoms with E-state index < -0.39 is 5.63 Å². The molecule has 0 fully saturated rings. The Hall–Kier alpha value is -2.29. The van der Waals surface area contributed by atoms with Gasteiger partial charge in [-0.15, -0.1) is 0 Å². The molecule has 0 aliphatic rings. The van der Waals surface area contributed by atoms with Crippen molar-refractivity contribution in [1.29, 1.82) is 0 Å². The lowest BCUT2D eigenvalue weighted by Crippen LogP contribution is -1.98. The summed E-state index contributed by atoms with van der Waals surface area (Å²) >= 11 is 0. The van der Waals surface area contributed by atoms with E-state index in [9.17, 15) is 4.79 Å². The van der Waals surface area contributed by atoms with Gasteiger partial charge in [0, 0.05) is 6.07 Å². The van der Waals surface area contributed by atoms with Gasteiger partial charge in [0.2, 0.25) is 0 Å². The first kappa shape index (κ1) is 12.2. The first-order valence-electron chi connectivity index (χ1n) is 5.61. The maximum atomic E-state index is 11.2. The molecule has 92 valence electrons. The fraction of sp³-hybridized carbons (Fsp3) is 0.133. The van der Waals surface area contributed by atoms with Crippen molar-refractivity contribution in [3.8, 4) is 5.75 Å². The van der Waals surface area contributed by atoms with E-state index in [0.717, 1.165) is 5.56 Å². The first-order chi connectivity index (χ1) is 8.67. The highest BCUT2D eigenvalue weighted by molar-refractivity contribution is 5.67. The fourth-order valence-corrected chi connectivity index (χ4v) is 1.53. The Balaban J connectivity index is 2.25. The summed E-state index contributed by atoms with van der Waals surface area (Å²) in [6.45, 7) is 2.04. The second-order valence-electron chi connectivity index (χ2n) is 3.96. The van der Waals surface area contributed by atoms with E-state index in [4.69, 9.17) is 9.15 Å². The number of methoxy groups -OCH3 is 1. The van der Waals surface area contributed by atoms with Crippen molar-refractivity contribution >= 4 is 12.2 Å². The lowest BCUT2D eigenvalue weighted by atomic mass is 10.1. The van der Waals surface area contributed by atoms with Gasteiger partial charge in [-0.25, -0.2) is 4.79 Å². The third kappa shape index (κ3) is 3.10. The van der Waals surface area contributed by atoms with Crippen LogP contribution in [0, 0.1) is 6.92 Å². The van der Waals surface area contributed by atoms with Gasteiger partial charge in [-0.2, -0.15) is 0 Å². The molecule has 0 spiro atoms. The Labute approximate surface area is 105 Å². The van der Waals surface area contributed by atoms with Gasteiger partial charge >= 0.3 is 5.63 Å². The van der Waals surface area contributed by atoms with Crippen LogP contribution >= 0.6 is 0 Å². The van der Waals surface area contributed by atoms with E-state index in [0.29, 0.717) is 11.5 Å². The van der Waals surface area contributed by atoms with Gasteiger partial charge < -0.3 is 9.15 Å². The van der Waals surface area contributed by atoms with Gasteiger partial charge in [-0.05, 0) is 18.6 Å². The molecule has 0 N–H and O–H groups in total. The average molecular weight is 242 g/mol. The highest BCUT2D eigenvalue weighted by Gasteiger charge is 1.98. The van der Waals surface area contributed by atoms with E-state index in [2.05, 4.69) is 0 Å². The van der Waals surface area contributed by atoms with Gasteiger partial charge in [0.1, 0.15) is 11.5 Å². The van der Waals surface area contributed by atoms with Gasteiger partial charge in [-0.1, -0.05) is 35.9 Å². The Morgan fingerprint density at radius 2 is 1.83 bits per heavy atom. The molecular formula is C15H14O3. The van der Waals surface area contributed by atoms with Gasteiger partial charge in [0.05, 0.1) is 13.2 Å². The molecule has 1 aromatic carbocycles. The summed E-state index contributed by atoms with van der Waals surface area (Å²) in [6.07, 6.45) is 3.63. The van der Waals surface area contributed by atoms with Crippen molar-refractivity contribution in [1.82, 2.24) is 0 Å². The summed E-state index contributed by atoms with van der Waals surface area (Å²) in [5.74, 6) is 0.967. The fourth-order valence-electron chi connectivity index (χ4n) is 1.53. The third-order valence-corrected chi connectivity index (χ3v) is 2.52.